The minimum Gasteiger partial charge on any atom is -0.494 e. The third-order valence-corrected chi connectivity index (χ3v) is 3.47. The fourth-order valence-electron chi connectivity index (χ4n) is 2.11. The lowest BCUT2D eigenvalue weighted by molar-refractivity contribution is -0.137. The van der Waals surface area contributed by atoms with Gasteiger partial charge in [0.25, 0.3) is 0 Å². The van der Waals surface area contributed by atoms with Crippen molar-refractivity contribution in [2.75, 3.05) is 19.7 Å². The Morgan fingerprint density at radius 2 is 1.86 bits per heavy atom. The van der Waals surface area contributed by atoms with Gasteiger partial charge in [-0.1, -0.05) is 17.7 Å². The van der Waals surface area contributed by atoms with Crippen molar-refractivity contribution >= 4 is 5.97 Å². The number of aliphatic carboxylic acids is 1. The molecular formula is C17H27NO3. The Bertz CT molecular complexity index is 415. The van der Waals surface area contributed by atoms with E-state index in [-0.39, 0.29) is 6.42 Å². The number of hydrogen-bond donors (Lipinski definition) is 1. The molecule has 0 aliphatic heterocycles. The molecule has 4 heteroatoms. The number of rotatable bonds is 10. The van der Waals surface area contributed by atoms with Crippen LogP contribution in [0.25, 0.3) is 0 Å². The number of hydrogen-bond acceptors (Lipinski definition) is 3. The van der Waals surface area contributed by atoms with Crippen LogP contribution in [0.3, 0.4) is 0 Å². The van der Waals surface area contributed by atoms with Crippen LogP contribution in [0.15, 0.2) is 24.3 Å². The van der Waals surface area contributed by atoms with Crippen molar-refractivity contribution in [3.05, 3.63) is 29.8 Å². The van der Waals surface area contributed by atoms with Gasteiger partial charge in [-0.2, -0.15) is 0 Å². The third-order valence-electron chi connectivity index (χ3n) is 3.47. The van der Waals surface area contributed by atoms with Crippen molar-refractivity contribution < 1.29 is 14.6 Å². The molecule has 1 aromatic rings. The van der Waals surface area contributed by atoms with Crippen LogP contribution in [0.2, 0.25) is 0 Å². The van der Waals surface area contributed by atoms with E-state index in [9.17, 15) is 4.79 Å². The monoisotopic (exact) mass is 293 g/mol. The number of benzene rings is 1. The van der Waals surface area contributed by atoms with Gasteiger partial charge in [0.15, 0.2) is 0 Å². The molecule has 0 bridgehead atoms. The molecule has 0 spiro atoms. The van der Waals surface area contributed by atoms with Gasteiger partial charge in [0.1, 0.15) is 5.75 Å². The van der Waals surface area contributed by atoms with E-state index in [2.05, 4.69) is 25.7 Å². The van der Waals surface area contributed by atoms with Crippen molar-refractivity contribution in [1.29, 1.82) is 0 Å². The molecule has 0 aliphatic rings. The zero-order valence-corrected chi connectivity index (χ0v) is 13.3. The van der Waals surface area contributed by atoms with E-state index >= 15 is 0 Å². The third kappa shape index (κ3) is 7.71. The molecule has 0 unspecified atom stereocenters. The molecule has 1 rings (SSSR count). The second kappa shape index (κ2) is 9.40. The van der Waals surface area contributed by atoms with Crippen LogP contribution in [0.4, 0.5) is 0 Å². The molecule has 0 atom stereocenters. The molecular weight excluding hydrogens is 266 g/mol. The topological polar surface area (TPSA) is 49.8 Å². The van der Waals surface area contributed by atoms with Crippen molar-refractivity contribution in [3.63, 3.8) is 0 Å². The van der Waals surface area contributed by atoms with E-state index in [0.29, 0.717) is 19.2 Å². The molecule has 0 saturated carbocycles. The molecule has 0 fully saturated rings. The maximum absolute atomic E-state index is 10.6. The summed E-state index contributed by atoms with van der Waals surface area (Å²) in [6.07, 6.45) is 2.20. The minimum atomic E-state index is -0.733. The lowest BCUT2D eigenvalue weighted by Gasteiger charge is -2.25. The lowest BCUT2D eigenvalue weighted by Crippen LogP contribution is -2.34. The Kier molecular flexibility index (Phi) is 7.83. The summed E-state index contributed by atoms with van der Waals surface area (Å²) in [5.41, 5.74) is 1.23. The van der Waals surface area contributed by atoms with Crippen molar-refractivity contribution in [2.45, 2.75) is 46.1 Å². The first-order valence-corrected chi connectivity index (χ1v) is 7.64. The zero-order valence-electron chi connectivity index (χ0n) is 13.3. The highest BCUT2D eigenvalue weighted by Crippen LogP contribution is 2.12. The van der Waals surface area contributed by atoms with Crippen molar-refractivity contribution in [3.8, 4) is 5.75 Å². The quantitative estimate of drug-likeness (QED) is 0.672. The minimum absolute atomic E-state index is 0.206. The van der Waals surface area contributed by atoms with E-state index in [0.717, 1.165) is 25.1 Å². The van der Waals surface area contributed by atoms with Gasteiger partial charge in [-0.3, -0.25) is 4.79 Å². The second-order valence-electron chi connectivity index (χ2n) is 5.64. The fraction of sp³-hybridized carbons (Fsp3) is 0.588. The normalized spacial score (nSPS) is 11.1. The van der Waals surface area contributed by atoms with Crippen LogP contribution in [0.5, 0.6) is 5.75 Å². The van der Waals surface area contributed by atoms with Gasteiger partial charge in [-0.15, -0.1) is 0 Å². The van der Waals surface area contributed by atoms with Gasteiger partial charge in [-0.25, -0.2) is 0 Å². The summed E-state index contributed by atoms with van der Waals surface area (Å²) in [5, 5.41) is 8.75. The van der Waals surface area contributed by atoms with Crippen LogP contribution in [-0.4, -0.2) is 41.7 Å². The molecule has 1 N–H and O–H groups in total. The van der Waals surface area contributed by atoms with Crippen LogP contribution in [0, 0.1) is 6.92 Å². The number of unbranched alkanes of at least 4 members (excludes halogenated alkanes) is 1. The molecule has 1 aromatic carbocycles. The average Bonchev–Trinajstić information content (AvgIpc) is 2.43. The van der Waals surface area contributed by atoms with E-state index in [1.54, 1.807) is 0 Å². The summed E-state index contributed by atoms with van der Waals surface area (Å²) in [5.74, 6) is 0.176. The number of carboxylic acids is 1. The van der Waals surface area contributed by atoms with Gasteiger partial charge in [0.05, 0.1) is 13.0 Å². The van der Waals surface area contributed by atoms with Crippen LogP contribution < -0.4 is 4.74 Å². The SMILES string of the molecule is Cc1ccc(OCCCCN(CCC(=O)O)C(C)C)cc1. The van der Waals surface area contributed by atoms with Crippen LogP contribution in [-0.2, 0) is 4.79 Å². The molecule has 118 valence electrons. The standard InChI is InChI=1S/C17H27NO3/c1-14(2)18(12-10-17(19)20)11-4-5-13-21-16-8-6-15(3)7-9-16/h6-9,14H,4-5,10-13H2,1-3H3,(H,19,20). The van der Waals surface area contributed by atoms with Crippen molar-refractivity contribution in [1.82, 2.24) is 4.90 Å². The van der Waals surface area contributed by atoms with Crippen LogP contribution >= 0.6 is 0 Å². The highest BCUT2D eigenvalue weighted by molar-refractivity contribution is 5.66. The number of carboxylic acid groups (broad SMARTS) is 1. The van der Waals surface area contributed by atoms with Gasteiger partial charge in [0.2, 0.25) is 0 Å². The molecule has 0 aromatic heterocycles. The Morgan fingerprint density at radius 1 is 1.19 bits per heavy atom. The molecule has 0 heterocycles. The van der Waals surface area contributed by atoms with Gasteiger partial charge in [0, 0.05) is 12.6 Å². The van der Waals surface area contributed by atoms with Gasteiger partial charge >= 0.3 is 5.97 Å². The van der Waals surface area contributed by atoms with E-state index < -0.39 is 5.97 Å². The van der Waals surface area contributed by atoms with Gasteiger partial charge in [-0.05, 0) is 52.3 Å². The molecule has 0 aliphatic carbocycles. The summed E-state index contributed by atoms with van der Waals surface area (Å²) >= 11 is 0. The highest BCUT2D eigenvalue weighted by Gasteiger charge is 2.10. The molecule has 4 nitrogen and oxygen atoms in total. The Morgan fingerprint density at radius 3 is 2.43 bits per heavy atom. The summed E-state index contributed by atoms with van der Waals surface area (Å²) < 4.78 is 5.69. The van der Waals surface area contributed by atoms with Crippen LogP contribution in [0.1, 0.15) is 38.7 Å². The predicted molar refractivity (Wildman–Crippen MR) is 84.9 cm³/mol. The van der Waals surface area contributed by atoms with E-state index in [4.69, 9.17) is 9.84 Å². The largest absolute Gasteiger partial charge is 0.494 e. The molecule has 21 heavy (non-hydrogen) atoms. The summed E-state index contributed by atoms with van der Waals surface area (Å²) in [7, 11) is 0. The first-order valence-electron chi connectivity index (χ1n) is 7.64. The van der Waals surface area contributed by atoms with E-state index in [1.807, 2.05) is 24.3 Å². The first-order chi connectivity index (χ1) is 9.99. The number of carbonyl (C=O) groups is 1. The van der Waals surface area contributed by atoms with E-state index in [1.165, 1.54) is 5.56 Å². The van der Waals surface area contributed by atoms with Gasteiger partial charge < -0.3 is 14.7 Å². The summed E-state index contributed by atoms with van der Waals surface area (Å²) in [6.45, 7) is 8.50. The smallest absolute Gasteiger partial charge is 0.304 e. The maximum atomic E-state index is 10.6. The predicted octanol–water partition coefficient (Wildman–Crippen LogP) is 3.34. The molecule has 0 radical (unpaired) electrons. The highest BCUT2D eigenvalue weighted by atomic mass is 16.5. The number of ether oxygens (including phenoxy) is 1. The number of nitrogens with zero attached hydrogens (tertiary/aromatic N) is 1. The molecule has 0 amide bonds. The Labute approximate surface area is 127 Å². The van der Waals surface area contributed by atoms with Crippen molar-refractivity contribution in [2.24, 2.45) is 0 Å². The average molecular weight is 293 g/mol. The molecule has 0 saturated heterocycles. The maximum Gasteiger partial charge on any atom is 0.304 e. The Hall–Kier alpha value is -1.55. The fourth-order valence-corrected chi connectivity index (χ4v) is 2.11. The second-order valence-corrected chi connectivity index (χ2v) is 5.64. The summed E-state index contributed by atoms with van der Waals surface area (Å²) in [6, 6.07) is 8.44. The zero-order chi connectivity index (χ0) is 15.7. The summed E-state index contributed by atoms with van der Waals surface area (Å²) in [4.78, 5) is 12.8. The Balaban J connectivity index is 2.18. The first kappa shape index (κ1) is 17.5. The lowest BCUT2D eigenvalue weighted by atomic mass is 10.2. The number of aryl methyl sites for hydroxylation is 1.